The van der Waals surface area contributed by atoms with Gasteiger partial charge >= 0.3 is 6.18 Å². The highest BCUT2D eigenvalue weighted by Crippen LogP contribution is 2.32. The summed E-state index contributed by atoms with van der Waals surface area (Å²) in [5.41, 5.74) is 3.87. The predicted molar refractivity (Wildman–Crippen MR) is 299 cm³/mol. The standard InChI is InChI=1S/C21H21F3N4.C19H21N5.C18H20N4S/c22-21(23,24)16-8-6-7-15(13-16)14-25-19-17-9-2-3-10-18(17)26-20(27-19)28-11-4-1-5-12-28;1-4-11-24(12-5-1)19-22-17-9-3-2-8-16(17)18(23-19)21-14-15-7-6-10-20-13-15;1-4-10-22(11-5-1)18-20-16-9-3-2-8-15(16)17(21-18)19-13-14-7-6-12-23-14/h2-3,6-10,13H,1,4-5,11-12,14H2,(H,25,26,27);2-3,6-10,13H,1,4-5,11-12,14H2,(H,21,22,23);2-3,6-9,12H,1,4-5,10-11,13H2,(H,19,20,21). The highest BCUT2D eigenvalue weighted by atomic mass is 32.1. The zero-order chi connectivity index (χ0) is 51.2. The molecule has 5 aromatic heterocycles. The topological polar surface area (TPSA) is 136 Å². The first-order valence-electron chi connectivity index (χ1n) is 26.1. The van der Waals surface area contributed by atoms with Crippen LogP contribution in [0.5, 0.6) is 0 Å². The largest absolute Gasteiger partial charge is 0.416 e. The molecule has 9 aromatic rings. The highest BCUT2D eigenvalue weighted by Gasteiger charge is 2.30. The third-order valence-electron chi connectivity index (χ3n) is 13.6. The Balaban J connectivity index is 0.000000129. The Morgan fingerprint density at radius 1 is 0.440 bits per heavy atom. The summed E-state index contributed by atoms with van der Waals surface area (Å²) in [6.07, 6.45) is 10.3. The van der Waals surface area contributed by atoms with E-state index in [0.29, 0.717) is 23.9 Å². The summed E-state index contributed by atoms with van der Waals surface area (Å²) >= 11 is 1.76. The van der Waals surface area contributed by atoms with Crippen LogP contribution in [0.25, 0.3) is 32.7 Å². The number of nitrogens with zero attached hydrogens (tertiary/aromatic N) is 10. The Morgan fingerprint density at radius 3 is 1.31 bits per heavy atom. The molecule has 0 bridgehead atoms. The molecule has 0 aliphatic carbocycles. The molecule has 3 N–H and O–H groups in total. The van der Waals surface area contributed by atoms with Gasteiger partial charge < -0.3 is 30.7 Å². The van der Waals surface area contributed by atoms with Crippen molar-refractivity contribution in [2.75, 3.05) is 69.9 Å². The van der Waals surface area contributed by atoms with Crippen molar-refractivity contribution in [3.63, 3.8) is 0 Å². The van der Waals surface area contributed by atoms with Gasteiger partial charge in [-0.2, -0.15) is 28.1 Å². The second kappa shape index (κ2) is 24.6. The first-order chi connectivity index (χ1) is 36.8. The Morgan fingerprint density at radius 2 is 0.880 bits per heavy atom. The van der Waals surface area contributed by atoms with Crippen LogP contribution in [0.2, 0.25) is 0 Å². The lowest BCUT2D eigenvalue weighted by Crippen LogP contribution is -2.31. The molecule has 0 atom stereocenters. The molecule has 12 rings (SSSR count). The molecule has 3 aliphatic rings. The Bertz CT molecular complexity index is 3250. The van der Waals surface area contributed by atoms with E-state index in [2.05, 4.69) is 88.5 Å². The van der Waals surface area contributed by atoms with Crippen molar-refractivity contribution in [1.29, 1.82) is 0 Å². The quantitative estimate of drug-likeness (QED) is 0.107. The lowest BCUT2D eigenvalue weighted by Gasteiger charge is -2.27. The highest BCUT2D eigenvalue weighted by molar-refractivity contribution is 7.09. The molecule has 3 aliphatic heterocycles. The van der Waals surface area contributed by atoms with Gasteiger partial charge in [-0.15, -0.1) is 11.3 Å². The number of fused-ring (bicyclic) bond motifs is 3. The first-order valence-corrected chi connectivity index (χ1v) is 27.0. The second-order valence-electron chi connectivity index (χ2n) is 19.0. The van der Waals surface area contributed by atoms with E-state index < -0.39 is 11.7 Å². The number of hydrogen-bond donors (Lipinski definition) is 3. The van der Waals surface area contributed by atoms with Crippen LogP contribution in [0, 0.1) is 0 Å². The smallest absolute Gasteiger partial charge is 0.365 e. The lowest BCUT2D eigenvalue weighted by atomic mass is 10.1. The maximum Gasteiger partial charge on any atom is 0.416 e. The number of para-hydroxylation sites is 3. The SMILES string of the molecule is FC(F)(F)c1cccc(CNc2nc(N3CCCCC3)nc3ccccc23)c1.c1cncc(CNc2nc(N3CCCCC3)nc3ccccc23)c1.c1csc(CNc2nc(N3CCCCC3)nc3ccccc23)c1. The van der Waals surface area contributed by atoms with Crippen LogP contribution in [0.4, 0.5) is 48.5 Å². The van der Waals surface area contributed by atoms with Crippen molar-refractivity contribution >= 4 is 79.3 Å². The van der Waals surface area contributed by atoms with Crippen LogP contribution in [0.15, 0.2) is 139 Å². The number of anilines is 6. The van der Waals surface area contributed by atoms with Gasteiger partial charge in [-0.1, -0.05) is 60.7 Å². The third-order valence-corrected chi connectivity index (χ3v) is 14.5. The van der Waals surface area contributed by atoms with Crippen LogP contribution in [-0.2, 0) is 25.8 Å². The van der Waals surface area contributed by atoms with Gasteiger partial charge in [0.05, 0.1) is 28.7 Å². The van der Waals surface area contributed by atoms with Gasteiger partial charge in [0.25, 0.3) is 0 Å². The van der Waals surface area contributed by atoms with Crippen molar-refractivity contribution in [3.05, 3.63) is 161 Å². The number of nitrogens with one attached hydrogen (secondary N) is 3. The van der Waals surface area contributed by atoms with E-state index in [0.717, 1.165) is 127 Å². The summed E-state index contributed by atoms with van der Waals surface area (Å²) in [5.74, 6) is 4.84. The molecule has 4 aromatic carbocycles. The van der Waals surface area contributed by atoms with E-state index in [1.165, 1.54) is 62.0 Å². The number of benzene rings is 4. The van der Waals surface area contributed by atoms with Gasteiger partial charge in [0, 0.05) is 85.8 Å². The Hall–Kier alpha value is -7.66. The van der Waals surface area contributed by atoms with Gasteiger partial charge in [-0.05, 0) is 135 Å². The normalized spacial score (nSPS) is 14.9. The summed E-state index contributed by atoms with van der Waals surface area (Å²) in [6, 6.07) is 37.7. The average Bonchev–Trinajstić information content (AvgIpc) is 4.00. The molecular weight excluding hydrogens is 968 g/mol. The van der Waals surface area contributed by atoms with Crippen molar-refractivity contribution in [2.24, 2.45) is 0 Å². The summed E-state index contributed by atoms with van der Waals surface area (Å²) in [5, 5.41) is 15.3. The molecule has 17 heteroatoms. The zero-order valence-corrected chi connectivity index (χ0v) is 42.8. The number of thiophene rings is 1. The van der Waals surface area contributed by atoms with Crippen molar-refractivity contribution in [3.8, 4) is 0 Å². The van der Waals surface area contributed by atoms with E-state index >= 15 is 0 Å². The van der Waals surface area contributed by atoms with Crippen molar-refractivity contribution in [1.82, 2.24) is 34.9 Å². The number of alkyl halides is 3. The average molecular weight is 1030 g/mol. The minimum Gasteiger partial charge on any atom is -0.365 e. The molecular formula is C58H62F3N13S. The van der Waals surface area contributed by atoms with Crippen molar-refractivity contribution < 1.29 is 13.2 Å². The number of halogens is 3. The van der Waals surface area contributed by atoms with Crippen LogP contribution >= 0.6 is 11.3 Å². The molecule has 0 unspecified atom stereocenters. The summed E-state index contributed by atoms with van der Waals surface area (Å²) in [6.45, 7) is 7.81. The molecule has 0 radical (unpaired) electrons. The second-order valence-corrected chi connectivity index (χ2v) is 20.0. The monoisotopic (exact) mass is 1030 g/mol. The number of pyridine rings is 1. The minimum absolute atomic E-state index is 0.254. The third kappa shape index (κ3) is 13.4. The van der Waals surface area contributed by atoms with E-state index in [1.54, 1.807) is 23.6 Å². The van der Waals surface area contributed by atoms with E-state index in [9.17, 15) is 13.2 Å². The van der Waals surface area contributed by atoms with E-state index in [-0.39, 0.29) is 6.54 Å². The van der Waals surface area contributed by atoms with Gasteiger partial charge in [0.2, 0.25) is 17.8 Å². The fraction of sp³-hybridized carbons (Fsp3) is 0.328. The lowest BCUT2D eigenvalue weighted by molar-refractivity contribution is -0.137. The van der Waals surface area contributed by atoms with Crippen LogP contribution < -0.4 is 30.7 Å². The maximum atomic E-state index is 13.0. The Kier molecular flexibility index (Phi) is 16.7. The van der Waals surface area contributed by atoms with Gasteiger partial charge in [-0.25, -0.2) is 15.0 Å². The van der Waals surface area contributed by atoms with Crippen LogP contribution in [0.3, 0.4) is 0 Å². The fourth-order valence-corrected chi connectivity index (χ4v) is 10.3. The molecule has 0 amide bonds. The maximum absolute atomic E-state index is 13.0. The van der Waals surface area contributed by atoms with Gasteiger partial charge in [0.15, 0.2) is 0 Å². The molecule has 0 spiro atoms. The number of piperidine rings is 3. The van der Waals surface area contributed by atoms with E-state index in [1.807, 2.05) is 60.8 Å². The van der Waals surface area contributed by atoms with Crippen LogP contribution in [0.1, 0.15) is 79.4 Å². The molecule has 3 saturated heterocycles. The Labute approximate surface area is 439 Å². The summed E-state index contributed by atoms with van der Waals surface area (Å²) < 4.78 is 38.9. The molecule has 75 heavy (non-hydrogen) atoms. The van der Waals surface area contributed by atoms with Crippen molar-refractivity contribution in [2.45, 2.75) is 83.6 Å². The number of rotatable bonds is 12. The minimum atomic E-state index is -4.35. The zero-order valence-electron chi connectivity index (χ0n) is 42.0. The fourth-order valence-electron chi connectivity index (χ4n) is 9.62. The van der Waals surface area contributed by atoms with Crippen LogP contribution in [-0.4, -0.2) is 74.2 Å². The molecule has 13 nitrogen and oxygen atoms in total. The summed E-state index contributed by atoms with van der Waals surface area (Å²) in [4.78, 5) is 40.9. The van der Waals surface area contributed by atoms with Gasteiger partial charge in [-0.3, -0.25) is 4.98 Å². The first kappa shape index (κ1) is 50.9. The molecule has 8 heterocycles. The number of aromatic nitrogens is 7. The number of hydrogen-bond acceptors (Lipinski definition) is 14. The predicted octanol–water partition coefficient (Wildman–Crippen LogP) is 13.2. The molecule has 0 saturated carbocycles. The summed E-state index contributed by atoms with van der Waals surface area (Å²) in [7, 11) is 0. The molecule has 386 valence electrons. The van der Waals surface area contributed by atoms with E-state index in [4.69, 9.17) is 24.9 Å². The van der Waals surface area contributed by atoms with Gasteiger partial charge in [0.1, 0.15) is 17.5 Å². The molecule has 3 fully saturated rings.